The first-order valence-corrected chi connectivity index (χ1v) is 9.42. The molecule has 158 valence electrons. The molecule has 0 spiro atoms. The number of nitrogens with two attached hydrogens (primary N) is 1. The van der Waals surface area contributed by atoms with E-state index in [2.05, 4.69) is 25.9 Å². The van der Waals surface area contributed by atoms with Crippen LogP contribution in [0.5, 0.6) is 11.5 Å². The fraction of sp³-hybridized carbons (Fsp3) is 0.143. The number of aromatic nitrogens is 2. The van der Waals surface area contributed by atoms with Crippen LogP contribution in [0.4, 0.5) is 23.1 Å². The zero-order valence-corrected chi connectivity index (χ0v) is 16.6. The van der Waals surface area contributed by atoms with Gasteiger partial charge in [-0.15, -0.1) is 0 Å². The number of fused-ring (bicyclic) bond motifs is 1. The van der Waals surface area contributed by atoms with Crippen LogP contribution in [0.1, 0.15) is 22.8 Å². The first kappa shape index (κ1) is 20.0. The Morgan fingerprint density at radius 3 is 2.71 bits per heavy atom. The van der Waals surface area contributed by atoms with E-state index in [1.807, 2.05) is 18.2 Å². The van der Waals surface area contributed by atoms with Crippen molar-refractivity contribution >= 4 is 35.0 Å². The van der Waals surface area contributed by atoms with Crippen molar-refractivity contribution < 1.29 is 19.1 Å². The summed E-state index contributed by atoms with van der Waals surface area (Å²) in [5, 5.41) is 8.88. The van der Waals surface area contributed by atoms with Crippen molar-refractivity contribution in [3.63, 3.8) is 0 Å². The summed E-state index contributed by atoms with van der Waals surface area (Å²) >= 11 is 0. The van der Waals surface area contributed by atoms with Crippen LogP contribution in [0, 0.1) is 0 Å². The maximum absolute atomic E-state index is 11.8. The Bertz CT molecular complexity index is 1150. The van der Waals surface area contributed by atoms with Gasteiger partial charge in [-0.05, 0) is 35.9 Å². The summed E-state index contributed by atoms with van der Waals surface area (Å²) in [4.78, 5) is 31.6. The van der Waals surface area contributed by atoms with Gasteiger partial charge in [0.15, 0.2) is 11.5 Å². The summed E-state index contributed by atoms with van der Waals surface area (Å²) in [6.45, 7) is 2.01. The molecule has 0 bridgehead atoms. The van der Waals surface area contributed by atoms with E-state index in [9.17, 15) is 9.59 Å². The predicted octanol–water partition coefficient (Wildman–Crippen LogP) is 2.62. The number of hydrogen-bond acceptors (Lipinski definition) is 8. The number of ether oxygens (including phenoxy) is 2. The van der Waals surface area contributed by atoms with E-state index in [-0.39, 0.29) is 24.2 Å². The normalized spacial score (nSPS) is 11.6. The van der Waals surface area contributed by atoms with Crippen molar-refractivity contribution in [2.24, 2.45) is 5.73 Å². The van der Waals surface area contributed by atoms with E-state index in [1.165, 1.54) is 13.1 Å². The maximum Gasteiger partial charge on any atom is 0.254 e. The molecule has 0 aliphatic carbocycles. The van der Waals surface area contributed by atoms with Crippen LogP contribution in [-0.2, 0) is 11.3 Å². The number of carbonyl (C=O) groups excluding carboxylic acids is 2. The molecule has 3 aromatic rings. The molecule has 2 aromatic carbocycles. The van der Waals surface area contributed by atoms with Gasteiger partial charge in [0.2, 0.25) is 18.6 Å². The minimum absolute atomic E-state index is 0.165. The lowest BCUT2D eigenvalue weighted by Crippen LogP contribution is -2.17. The number of benzene rings is 2. The van der Waals surface area contributed by atoms with Gasteiger partial charge in [0.25, 0.3) is 5.91 Å². The smallest absolute Gasteiger partial charge is 0.254 e. The van der Waals surface area contributed by atoms with E-state index < -0.39 is 5.91 Å². The van der Waals surface area contributed by atoms with Gasteiger partial charge in [0.05, 0.1) is 5.56 Å². The Morgan fingerprint density at radius 1 is 1.10 bits per heavy atom. The van der Waals surface area contributed by atoms with Gasteiger partial charge < -0.3 is 31.2 Å². The Kier molecular flexibility index (Phi) is 5.52. The molecule has 0 saturated carbocycles. The van der Waals surface area contributed by atoms with Crippen LogP contribution in [0.15, 0.2) is 48.7 Å². The molecule has 0 atom stereocenters. The van der Waals surface area contributed by atoms with Crippen LogP contribution in [0.25, 0.3) is 0 Å². The molecule has 0 saturated heterocycles. The summed E-state index contributed by atoms with van der Waals surface area (Å²) < 4.78 is 10.7. The zero-order valence-electron chi connectivity index (χ0n) is 16.6. The number of hydrogen-bond donors (Lipinski definition) is 4. The SMILES string of the molecule is CC(=O)Nc1cccc(Nc2ncc(C(N)=O)c(NCc3ccc4c(c3)OCO4)n2)c1. The van der Waals surface area contributed by atoms with Gasteiger partial charge in [-0.1, -0.05) is 12.1 Å². The van der Waals surface area contributed by atoms with E-state index in [0.717, 1.165) is 5.56 Å². The molecule has 10 heteroatoms. The van der Waals surface area contributed by atoms with Crippen molar-refractivity contribution in [1.29, 1.82) is 0 Å². The minimum Gasteiger partial charge on any atom is -0.454 e. The van der Waals surface area contributed by atoms with E-state index in [1.54, 1.807) is 24.3 Å². The van der Waals surface area contributed by atoms with Crippen LogP contribution < -0.4 is 31.2 Å². The van der Waals surface area contributed by atoms with Gasteiger partial charge >= 0.3 is 0 Å². The third-order valence-electron chi connectivity index (χ3n) is 4.39. The maximum atomic E-state index is 11.8. The molecule has 10 nitrogen and oxygen atoms in total. The Balaban J connectivity index is 1.52. The molecular formula is C21H20N6O4. The second-order valence-corrected chi connectivity index (χ2v) is 6.75. The number of rotatable bonds is 7. The van der Waals surface area contributed by atoms with Gasteiger partial charge in [0, 0.05) is 31.0 Å². The third kappa shape index (κ3) is 4.81. The average molecular weight is 420 g/mol. The molecule has 4 rings (SSSR count). The third-order valence-corrected chi connectivity index (χ3v) is 4.39. The Morgan fingerprint density at radius 2 is 1.90 bits per heavy atom. The highest BCUT2D eigenvalue weighted by molar-refractivity contribution is 5.97. The number of nitrogens with zero attached hydrogens (tertiary/aromatic N) is 2. The molecule has 1 aromatic heterocycles. The monoisotopic (exact) mass is 420 g/mol. The fourth-order valence-corrected chi connectivity index (χ4v) is 3.00. The Labute approximate surface area is 177 Å². The van der Waals surface area contributed by atoms with Crippen molar-refractivity contribution in [3.8, 4) is 11.5 Å². The number of primary amides is 1. The van der Waals surface area contributed by atoms with Gasteiger partial charge in [-0.25, -0.2) is 4.98 Å². The minimum atomic E-state index is -0.646. The number of carbonyl (C=O) groups is 2. The van der Waals surface area contributed by atoms with E-state index in [4.69, 9.17) is 15.2 Å². The van der Waals surface area contributed by atoms with E-state index >= 15 is 0 Å². The molecule has 2 amide bonds. The van der Waals surface area contributed by atoms with Crippen LogP contribution >= 0.6 is 0 Å². The summed E-state index contributed by atoms with van der Waals surface area (Å²) in [6, 6.07) is 12.7. The second kappa shape index (κ2) is 8.57. The number of amides is 2. The van der Waals surface area contributed by atoms with Gasteiger partial charge in [-0.3, -0.25) is 9.59 Å². The summed E-state index contributed by atoms with van der Waals surface area (Å²) in [5.41, 5.74) is 7.85. The summed E-state index contributed by atoms with van der Waals surface area (Å²) in [5.74, 6) is 1.09. The average Bonchev–Trinajstić information content (AvgIpc) is 3.20. The lowest BCUT2D eigenvalue weighted by molar-refractivity contribution is -0.114. The van der Waals surface area contributed by atoms with Crippen molar-refractivity contribution in [1.82, 2.24) is 9.97 Å². The zero-order chi connectivity index (χ0) is 21.8. The predicted molar refractivity (Wildman–Crippen MR) is 114 cm³/mol. The van der Waals surface area contributed by atoms with Gasteiger partial charge in [0.1, 0.15) is 5.82 Å². The lowest BCUT2D eigenvalue weighted by atomic mass is 10.2. The first-order chi connectivity index (χ1) is 15.0. The standard InChI is InChI=1S/C21H20N6O4/c1-12(28)25-14-3-2-4-15(8-14)26-21-24-10-16(19(22)29)20(27-21)23-9-13-5-6-17-18(7-13)31-11-30-17/h2-8,10H,9,11H2,1H3,(H2,22,29)(H,25,28)(H2,23,24,26,27). The van der Waals surface area contributed by atoms with Crippen molar-refractivity contribution in [3.05, 3.63) is 59.8 Å². The molecule has 0 unspecified atom stereocenters. The fourth-order valence-electron chi connectivity index (χ4n) is 3.00. The summed E-state index contributed by atoms with van der Waals surface area (Å²) in [7, 11) is 0. The highest BCUT2D eigenvalue weighted by atomic mass is 16.7. The molecule has 1 aliphatic heterocycles. The molecular weight excluding hydrogens is 400 g/mol. The first-order valence-electron chi connectivity index (χ1n) is 9.42. The lowest BCUT2D eigenvalue weighted by Gasteiger charge is -2.12. The number of nitrogens with one attached hydrogen (secondary N) is 3. The highest BCUT2D eigenvalue weighted by Gasteiger charge is 2.15. The largest absolute Gasteiger partial charge is 0.454 e. The van der Waals surface area contributed by atoms with Crippen LogP contribution in [-0.4, -0.2) is 28.6 Å². The molecule has 31 heavy (non-hydrogen) atoms. The molecule has 0 radical (unpaired) electrons. The van der Waals surface area contributed by atoms with Gasteiger partial charge in [-0.2, -0.15) is 4.98 Å². The molecule has 0 fully saturated rings. The van der Waals surface area contributed by atoms with E-state index in [0.29, 0.717) is 35.2 Å². The molecule has 2 heterocycles. The Hall–Kier alpha value is -4.34. The second-order valence-electron chi connectivity index (χ2n) is 6.75. The van der Waals surface area contributed by atoms with Crippen molar-refractivity contribution in [2.45, 2.75) is 13.5 Å². The molecule has 5 N–H and O–H groups in total. The summed E-state index contributed by atoms with van der Waals surface area (Å²) in [6.07, 6.45) is 1.36. The molecule has 1 aliphatic rings. The number of anilines is 4. The topological polar surface area (TPSA) is 140 Å². The van der Waals surface area contributed by atoms with Crippen molar-refractivity contribution in [2.75, 3.05) is 22.7 Å². The van der Waals surface area contributed by atoms with Crippen LogP contribution in [0.2, 0.25) is 0 Å². The quantitative estimate of drug-likeness (QED) is 0.457. The highest BCUT2D eigenvalue weighted by Crippen LogP contribution is 2.32. The van der Waals surface area contributed by atoms with Crippen LogP contribution in [0.3, 0.4) is 0 Å².